The zero-order valence-corrected chi connectivity index (χ0v) is 29.8. The summed E-state index contributed by atoms with van der Waals surface area (Å²) in [7, 11) is 0. The van der Waals surface area contributed by atoms with Crippen LogP contribution in [-0.4, -0.2) is 19.5 Å². The quantitative estimate of drug-likeness (QED) is 0.168. The minimum absolute atomic E-state index is 0.637. The molecule has 0 amide bonds. The average molecular weight is 701 g/mol. The highest BCUT2D eigenvalue weighted by Gasteiger charge is 2.21. The first-order chi connectivity index (χ1) is 27.3. The Bertz CT molecular complexity index is 3150. The van der Waals surface area contributed by atoms with Crippen molar-refractivity contribution in [2.24, 2.45) is 0 Å². The fraction of sp³-hybridized carbons (Fsp3) is 0. The van der Waals surface area contributed by atoms with Crippen LogP contribution in [0.1, 0.15) is 0 Å². The van der Waals surface area contributed by atoms with E-state index in [4.69, 9.17) is 15.0 Å². The Balaban J connectivity index is 1.22. The van der Waals surface area contributed by atoms with Crippen LogP contribution in [0.25, 0.3) is 105 Å². The predicted molar refractivity (Wildman–Crippen MR) is 228 cm³/mol. The van der Waals surface area contributed by atoms with Gasteiger partial charge >= 0.3 is 0 Å². The van der Waals surface area contributed by atoms with Crippen molar-refractivity contribution in [1.82, 2.24) is 19.5 Å². The highest BCUT2D eigenvalue weighted by atomic mass is 15.0. The molecule has 0 spiro atoms. The summed E-state index contributed by atoms with van der Waals surface area (Å²) in [6, 6.07) is 68.7. The fourth-order valence-electron chi connectivity index (χ4n) is 8.31. The largest absolute Gasteiger partial charge is 0.309 e. The van der Waals surface area contributed by atoms with Crippen LogP contribution < -0.4 is 0 Å². The van der Waals surface area contributed by atoms with Gasteiger partial charge in [0.15, 0.2) is 17.5 Å². The Kier molecular flexibility index (Phi) is 7.14. The van der Waals surface area contributed by atoms with Crippen molar-refractivity contribution in [3.05, 3.63) is 194 Å². The van der Waals surface area contributed by atoms with Crippen LogP contribution in [-0.2, 0) is 0 Å². The zero-order valence-electron chi connectivity index (χ0n) is 29.8. The summed E-state index contributed by atoms with van der Waals surface area (Å²) in [5.41, 5.74) is 8.48. The summed E-state index contributed by atoms with van der Waals surface area (Å²) in [6.45, 7) is 0. The van der Waals surface area contributed by atoms with E-state index >= 15 is 0 Å². The summed E-state index contributed by atoms with van der Waals surface area (Å²) >= 11 is 0. The van der Waals surface area contributed by atoms with Gasteiger partial charge in [0, 0.05) is 33.2 Å². The van der Waals surface area contributed by atoms with Crippen LogP contribution in [0.4, 0.5) is 0 Å². The molecule has 2 heterocycles. The summed E-state index contributed by atoms with van der Waals surface area (Å²) in [5.74, 6) is 1.92. The number of rotatable bonds is 5. The molecule has 9 aromatic carbocycles. The lowest BCUT2D eigenvalue weighted by molar-refractivity contribution is 1.08. The number of aromatic nitrogens is 4. The highest BCUT2D eigenvalue weighted by molar-refractivity contribution is 6.26. The molecule has 11 rings (SSSR count). The third-order valence-corrected chi connectivity index (χ3v) is 10.8. The molecule has 4 heteroatoms. The van der Waals surface area contributed by atoms with Crippen LogP contribution in [0.15, 0.2) is 194 Å². The normalized spacial score (nSPS) is 11.6. The van der Waals surface area contributed by atoms with Gasteiger partial charge in [-0.05, 0) is 73.8 Å². The van der Waals surface area contributed by atoms with Crippen LogP contribution in [0, 0.1) is 0 Å². The summed E-state index contributed by atoms with van der Waals surface area (Å²) in [4.78, 5) is 15.4. The zero-order chi connectivity index (χ0) is 36.3. The maximum atomic E-state index is 5.19. The first kappa shape index (κ1) is 31.1. The van der Waals surface area contributed by atoms with Gasteiger partial charge in [-0.3, -0.25) is 0 Å². The molecule has 55 heavy (non-hydrogen) atoms. The number of fused-ring (bicyclic) bond motifs is 9. The van der Waals surface area contributed by atoms with E-state index in [1.54, 1.807) is 0 Å². The Labute approximate surface area is 317 Å². The van der Waals surface area contributed by atoms with E-state index in [-0.39, 0.29) is 0 Å². The molecule has 4 nitrogen and oxygen atoms in total. The van der Waals surface area contributed by atoms with Gasteiger partial charge < -0.3 is 4.57 Å². The number of nitrogens with zero attached hydrogens (tertiary/aromatic N) is 4. The average Bonchev–Trinajstić information content (AvgIpc) is 3.61. The molecule has 0 saturated carbocycles. The van der Waals surface area contributed by atoms with Gasteiger partial charge in [0.25, 0.3) is 0 Å². The lowest BCUT2D eigenvalue weighted by atomic mass is 9.94. The molecule has 0 saturated heterocycles. The first-order valence-electron chi connectivity index (χ1n) is 18.6. The van der Waals surface area contributed by atoms with Crippen LogP contribution >= 0.6 is 0 Å². The second kappa shape index (κ2) is 12.6. The maximum absolute atomic E-state index is 5.19. The molecule has 0 unspecified atom stereocenters. The number of hydrogen-bond acceptors (Lipinski definition) is 3. The van der Waals surface area contributed by atoms with E-state index in [2.05, 4.69) is 162 Å². The van der Waals surface area contributed by atoms with Crippen molar-refractivity contribution in [2.75, 3.05) is 0 Å². The van der Waals surface area contributed by atoms with Gasteiger partial charge in [-0.1, -0.05) is 164 Å². The fourth-order valence-corrected chi connectivity index (χ4v) is 8.31. The van der Waals surface area contributed by atoms with Gasteiger partial charge in [-0.25, -0.2) is 15.0 Å². The van der Waals surface area contributed by atoms with Crippen molar-refractivity contribution in [3.8, 4) is 51.0 Å². The van der Waals surface area contributed by atoms with Gasteiger partial charge in [-0.15, -0.1) is 0 Å². The highest BCUT2D eigenvalue weighted by Crippen LogP contribution is 2.42. The molecule has 0 fully saturated rings. The second-order valence-electron chi connectivity index (χ2n) is 14.0. The molecule has 0 radical (unpaired) electrons. The van der Waals surface area contributed by atoms with E-state index < -0.39 is 0 Å². The van der Waals surface area contributed by atoms with Crippen molar-refractivity contribution in [1.29, 1.82) is 0 Å². The van der Waals surface area contributed by atoms with E-state index in [9.17, 15) is 0 Å². The Morgan fingerprint density at radius 3 is 1.40 bits per heavy atom. The molecule has 0 N–H and O–H groups in total. The Hall–Kier alpha value is -7.43. The third kappa shape index (κ3) is 5.11. The van der Waals surface area contributed by atoms with Gasteiger partial charge in [0.05, 0.1) is 11.0 Å². The molecule has 0 aliphatic rings. The van der Waals surface area contributed by atoms with Gasteiger partial charge in [0.2, 0.25) is 0 Å². The van der Waals surface area contributed by atoms with Crippen molar-refractivity contribution in [2.45, 2.75) is 0 Å². The second-order valence-corrected chi connectivity index (χ2v) is 14.0. The monoisotopic (exact) mass is 700 g/mol. The minimum Gasteiger partial charge on any atom is -0.309 e. The van der Waals surface area contributed by atoms with Crippen molar-refractivity contribution < 1.29 is 0 Å². The summed E-state index contributed by atoms with van der Waals surface area (Å²) < 4.78 is 2.41. The van der Waals surface area contributed by atoms with E-state index in [1.165, 1.54) is 37.9 Å². The number of hydrogen-bond donors (Lipinski definition) is 0. The molecule has 0 aliphatic heterocycles. The van der Waals surface area contributed by atoms with E-state index in [0.29, 0.717) is 17.5 Å². The number of benzene rings is 9. The van der Waals surface area contributed by atoms with Gasteiger partial charge in [-0.2, -0.15) is 0 Å². The molecule has 11 aromatic rings. The van der Waals surface area contributed by atoms with Crippen LogP contribution in [0.2, 0.25) is 0 Å². The van der Waals surface area contributed by atoms with Crippen LogP contribution in [0.3, 0.4) is 0 Å². The maximum Gasteiger partial charge on any atom is 0.164 e. The first-order valence-corrected chi connectivity index (χ1v) is 18.6. The van der Waals surface area contributed by atoms with E-state index in [0.717, 1.165) is 49.7 Å². The van der Waals surface area contributed by atoms with Crippen molar-refractivity contribution in [3.63, 3.8) is 0 Å². The topological polar surface area (TPSA) is 43.6 Å². The predicted octanol–water partition coefficient (Wildman–Crippen LogP) is 13.1. The minimum atomic E-state index is 0.637. The van der Waals surface area contributed by atoms with Crippen LogP contribution in [0.5, 0.6) is 0 Å². The molecular weight excluding hydrogens is 669 g/mol. The molecule has 0 bridgehead atoms. The van der Waals surface area contributed by atoms with Gasteiger partial charge in [0.1, 0.15) is 0 Å². The standard InChI is InChI=1S/C51H32N4/c1-4-15-33(16-5-1)36-27-30-46-45(31-36)48-43(51-53-49(34-17-6-2-7-18-34)52-50(54-51)35-19-8-3-9-20-35)25-14-26-47(48)55(46)37-28-29-42-40-23-11-10-21-38(40)39-22-12-13-24-41(39)44(42)32-37/h1-32H. The summed E-state index contributed by atoms with van der Waals surface area (Å²) in [6.07, 6.45) is 0. The summed E-state index contributed by atoms with van der Waals surface area (Å²) in [5, 5.41) is 9.76. The lowest BCUT2D eigenvalue weighted by Gasteiger charge is -2.14. The Morgan fingerprint density at radius 1 is 0.291 bits per heavy atom. The molecule has 2 aromatic heterocycles. The lowest BCUT2D eigenvalue weighted by Crippen LogP contribution is -2.00. The molecule has 0 aliphatic carbocycles. The molecule has 256 valence electrons. The Morgan fingerprint density at radius 2 is 0.800 bits per heavy atom. The third-order valence-electron chi connectivity index (χ3n) is 10.8. The SMILES string of the molecule is c1ccc(-c2ccc3c(c2)c2c(-c4nc(-c5ccccc5)nc(-c5ccccc5)n4)cccc2n3-c2ccc3c4ccccc4c4ccccc4c3c2)cc1. The molecule has 0 atom stereocenters. The molecular formula is C51H32N4. The smallest absolute Gasteiger partial charge is 0.164 e. The van der Waals surface area contributed by atoms with E-state index in [1.807, 2.05) is 36.4 Å². The van der Waals surface area contributed by atoms with Crippen molar-refractivity contribution >= 4 is 54.1 Å².